The highest BCUT2D eigenvalue weighted by atomic mass is 19.4. The zero-order chi connectivity index (χ0) is 12.2. The second kappa shape index (κ2) is 5.38. The number of amides is 2. The number of halogens is 3. The molecule has 0 aliphatic carbocycles. The molecule has 1 atom stereocenters. The van der Waals surface area contributed by atoms with Crippen LogP contribution in [0.5, 0.6) is 0 Å². The number of carbonyl (C=O) groups is 1. The number of carbonyl (C=O) groups excluding carboxylic acids is 1. The summed E-state index contributed by atoms with van der Waals surface area (Å²) in [5, 5.41) is 11.1. The Morgan fingerprint density at radius 1 is 1.50 bits per heavy atom. The molecule has 0 radical (unpaired) electrons. The Balaban J connectivity index is 2.29. The molecule has 1 rings (SSSR count). The molecule has 4 nitrogen and oxygen atoms in total. The van der Waals surface area contributed by atoms with Crippen LogP contribution >= 0.6 is 0 Å². The first kappa shape index (κ1) is 13.1. The minimum absolute atomic E-state index is 0.146. The van der Waals surface area contributed by atoms with Gasteiger partial charge in [-0.25, -0.2) is 4.79 Å². The van der Waals surface area contributed by atoms with Crippen LogP contribution in [0.25, 0.3) is 0 Å². The van der Waals surface area contributed by atoms with E-state index in [2.05, 4.69) is 5.32 Å². The predicted octanol–water partition coefficient (Wildman–Crippen LogP) is 1.11. The van der Waals surface area contributed by atoms with E-state index in [-0.39, 0.29) is 12.6 Å². The summed E-state index contributed by atoms with van der Waals surface area (Å²) < 4.78 is 35.5. The first-order chi connectivity index (χ1) is 7.44. The van der Waals surface area contributed by atoms with Gasteiger partial charge >= 0.3 is 12.2 Å². The maximum atomic E-state index is 11.8. The molecule has 1 heterocycles. The molecule has 2 amide bonds. The number of urea groups is 1. The topological polar surface area (TPSA) is 52.6 Å². The maximum absolute atomic E-state index is 11.8. The summed E-state index contributed by atoms with van der Waals surface area (Å²) in [7, 11) is 0. The number of hydrogen-bond acceptors (Lipinski definition) is 2. The lowest BCUT2D eigenvalue weighted by molar-refractivity contribution is -0.133. The summed E-state index contributed by atoms with van der Waals surface area (Å²) in [5.74, 6) is 0. The summed E-state index contributed by atoms with van der Waals surface area (Å²) in [6.45, 7) is -0.0766. The maximum Gasteiger partial charge on any atom is 0.390 e. The van der Waals surface area contributed by atoms with E-state index >= 15 is 0 Å². The van der Waals surface area contributed by atoms with E-state index in [1.54, 1.807) is 0 Å². The van der Waals surface area contributed by atoms with Crippen molar-refractivity contribution in [2.75, 3.05) is 19.7 Å². The van der Waals surface area contributed by atoms with Gasteiger partial charge < -0.3 is 15.3 Å². The van der Waals surface area contributed by atoms with Gasteiger partial charge in [0.25, 0.3) is 0 Å². The van der Waals surface area contributed by atoms with Crippen LogP contribution in [0.15, 0.2) is 0 Å². The number of hydrogen-bond donors (Lipinski definition) is 2. The minimum Gasteiger partial charge on any atom is -0.394 e. The Labute approximate surface area is 91.4 Å². The molecule has 0 aromatic rings. The average molecular weight is 240 g/mol. The molecule has 1 saturated heterocycles. The Kier molecular flexibility index (Phi) is 4.40. The zero-order valence-electron chi connectivity index (χ0n) is 8.76. The largest absolute Gasteiger partial charge is 0.394 e. The van der Waals surface area contributed by atoms with Gasteiger partial charge in [0.2, 0.25) is 0 Å². The molecule has 0 unspecified atom stereocenters. The van der Waals surface area contributed by atoms with Crippen molar-refractivity contribution in [2.45, 2.75) is 31.5 Å². The van der Waals surface area contributed by atoms with Crippen molar-refractivity contribution in [3.63, 3.8) is 0 Å². The van der Waals surface area contributed by atoms with Gasteiger partial charge in [0.05, 0.1) is 19.1 Å². The first-order valence-corrected chi connectivity index (χ1v) is 5.16. The van der Waals surface area contributed by atoms with Crippen LogP contribution in [0, 0.1) is 0 Å². The standard InChI is InChI=1S/C9H15F3N2O2/c10-9(11,12)3-4-13-8(16)14-5-1-2-7(14)6-15/h7,15H,1-6H2,(H,13,16)/t7-/m0/s1. The summed E-state index contributed by atoms with van der Waals surface area (Å²) >= 11 is 0. The highest BCUT2D eigenvalue weighted by molar-refractivity contribution is 5.74. The summed E-state index contributed by atoms with van der Waals surface area (Å²) in [6, 6.07) is -0.785. The molecule has 1 aliphatic heterocycles. The lowest BCUT2D eigenvalue weighted by atomic mass is 10.2. The van der Waals surface area contributed by atoms with Crippen molar-refractivity contribution in [3.8, 4) is 0 Å². The number of rotatable bonds is 3. The normalized spacial score (nSPS) is 21.2. The van der Waals surface area contributed by atoms with Gasteiger partial charge in [-0.3, -0.25) is 0 Å². The molecule has 0 aromatic heterocycles. The number of alkyl halides is 3. The lowest BCUT2D eigenvalue weighted by Gasteiger charge is -2.23. The molecule has 1 aliphatic rings. The van der Waals surface area contributed by atoms with E-state index in [4.69, 9.17) is 5.11 Å². The van der Waals surface area contributed by atoms with Gasteiger partial charge in [-0.2, -0.15) is 13.2 Å². The lowest BCUT2D eigenvalue weighted by Crippen LogP contribution is -2.44. The number of aliphatic hydroxyl groups excluding tert-OH is 1. The van der Waals surface area contributed by atoms with Gasteiger partial charge in [0.1, 0.15) is 0 Å². The van der Waals surface area contributed by atoms with Crippen molar-refractivity contribution in [1.82, 2.24) is 10.2 Å². The molecule has 0 spiro atoms. The third-order valence-electron chi connectivity index (χ3n) is 2.53. The number of nitrogens with one attached hydrogen (secondary N) is 1. The van der Waals surface area contributed by atoms with Gasteiger partial charge in [-0.15, -0.1) is 0 Å². The van der Waals surface area contributed by atoms with Crippen molar-refractivity contribution in [2.24, 2.45) is 0 Å². The third kappa shape index (κ3) is 3.88. The number of likely N-dealkylation sites (tertiary alicyclic amines) is 1. The molecule has 0 bridgehead atoms. The molecular formula is C9H15F3N2O2. The fourth-order valence-electron chi connectivity index (χ4n) is 1.71. The van der Waals surface area contributed by atoms with Crippen molar-refractivity contribution in [1.29, 1.82) is 0 Å². The van der Waals surface area contributed by atoms with Crippen LogP contribution < -0.4 is 5.32 Å². The SMILES string of the molecule is O=C(NCCC(F)(F)F)N1CCC[C@H]1CO. The van der Waals surface area contributed by atoms with Gasteiger partial charge in [0, 0.05) is 13.1 Å². The Morgan fingerprint density at radius 2 is 2.19 bits per heavy atom. The molecule has 1 fully saturated rings. The molecule has 16 heavy (non-hydrogen) atoms. The Morgan fingerprint density at radius 3 is 2.75 bits per heavy atom. The number of nitrogens with zero attached hydrogens (tertiary/aromatic N) is 1. The van der Waals surface area contributed by atoms with E-state index in [9.17, 15) is 18.0 Å². The van der Waals surface area contributed by atoms with Gasteiger partial charge in [-0.05, 0) is 12.8 Å². The molecule has 0 saturated carbocycles. The van der Waals surface area contributed by atoms with Crippen LogP contribution in [-0.2, 0) is 0 Å². The first-order valence-electron chi connectivity index (χ1n) is 5.16. The van der Waals surface area contributed by atoms with Crippen LogP contribution in [0.3, 0.4) is 0 Å². The van der Waals surface area contributed by atoms with E-state index in [1.807, 2.05) is 0 Å². The van der Waals surface area contributed by atoms with E-state index < -0.39 is 25.2 Å². The minimum atomic E-state index is -4.26. The summed E-state index contributed by atoms with van der Waals surface area (Å²) in [4.78, 5) is 12.8. The van der Waals surface area contributed by atoms with Crippen LogP contribution in [-0.4, -0.2) is 48.0 Å². The summed E-state index contributed by atoms with van der Waals surface area (Å²) in [5.41, 5.74) is 0. The quantitative estimate of drug-likeness (QED) is 0.776. The molecule has 94 valence electrons. The van der Waals surface area contributed by atoms with Gasteiger partial charge in [0.15, 0.2) is 0 Å². The summed E-state index contributed by atoms with van der Waals surface area (Å²) in [6.07, 6.45) is -3.81. The van der Waals surface area contributed by atoms with Crippen LogP contribution in [0.2, 0.25) is 0 Å². The van der Waals surface area contributed by atoms with Crippen molar-refractivity contribution in [3.05, 3.63) is 0 Å². The third-order valence-corrected chi connectivity index (χ3v) is 2.53. The Bertz CT molecular complexity index is 245. The molecule has 0 aromatic carbocycles. The number of aliphatic hydroxyl groups is 1. The molecule has 7 heteroatoms. The van der Waals surface area contributed by atoms with E-state index in [0.717, 1.165) is 6.42 Å². The van der Waals surface area contributed by atoms with Crippen molar-refractivity contribution < 1.29 is 23.1 Å². The zero-order valence-corrected chi connectivity index (χ0v) is 8.76. The highest BCUT2D eigenvalue weighted by Gasteiger charge is 2.30. The van der Waals surface area contributed by atoms with Crippen LogP contribution in [0.1, 0.15) is 19.3 Å². The molecule has 2 N–H and O–H groups in total. The van der Waals surface area contributed by atoms with E-state index in [1.165, 1.54) is 4.90 Å². The van der Waals surface area contributed by atoms with Crippen molar-refractivity contribution >= 4 is 6.03 Å². The van der Waals surface area contributed by atoms with Crippen LogP contribution in [0.4, 0.5) is 18.0 Å². The second-order valence-corrected chi connectivity index (χ2v) is 3.77. The second-order valence-electron chi connectivity index (χ2n) is 3.77. The predicted molar refractivity (Wildman–Crippen MR) is 50.9 cm³/mol. The fraction of sp³-hybridized carbons (Fsp3) is 0.889. The van der Waals surface area contributed by atoms with Gasteiger partial charge in [-0.1, -0.05) is 0 Å². The smallest absolute Gasteiger partial charge is 0.390 e. The highest BCUT2D eigenvalue weighted by Crippen LogP contribution is 2.19. The monoisotopic (exact) mass is 240 g/mol. The average Bonchev–Trinajstić information content (AvgIpc) is 2.63. The Hall–Kier alpha value is -0.980. The fourth-order valence-corrected chi connectivity index (χ4v) is 1.71. The van der Waals surface area contributed by atoms with E-state index in [0.29, 0.717) is 13.0 Å². The molecular weight excluding hydrogens is 225 g/mol.